The standard InChI is InChI=1S/C11H22BrNO2/c1-8(2)6-9(3)13(4)7-10(12)11(14)15-5/h8-10H,6-7H2,1-5H3. The van der Waals surface area contributed by atoms with Crippen molar-refractivity contribution in [3.8, 4) is 0 Å². The van der Waals surface area contributed by atoms with Crippen molar-refractivity contribution in [2.75, 3.05) is 20.7 Å². The van der Waals surface area contributed by atoms with E-state index in [4.69, 9.17) is 0 Å². The fraction of sp³-hybridized carbons (Fsp3) is 0.909. The Kier molecular flexibility index (Phi) is 7.18. The Morgan fingerprint density at radius 3 is 2.33 bits per heavy atom. The SMILES string of the molecule is COC(=O)C(Br)CN(C)C(C)CC(C)C. The number of alkyl halides is 1. The quantitative estimate of drug-likeness (QED) is 0.552. The molecule has 0 bridgehead atoms. The van der Waals surface area contributed by atoms with E-state index in [0.29, 0.717) is 18.5 Å². The van der Waals surface area contributed by atoms with Crippen molar-refractivity contribution in [2.24, 2.45) is 5.92 Å². The molecule has 3 nitrogen and oxygen atoms in total. The van der Waals surface area contributed by atoms with Gasteiger partial charge >= 0.3 is 5.97 Å². The van der Waals surface area contributed by atoms with E-state index < -0.39 is 0 Å². The number of ether oxygens (including phenoxy) is 1. The molecule has 0 aliphatic heterocycles. The van der Waals surface area contributed by atoms with Crippen molar-refractivity contribution < 1.29 is 9.53 Å². The fourth-order valence-corrected chi connectivity index (χ4v) is 2.14. The Labute approximate surface area is 101 Å². The zero-order valence-electron chi connectivity index (χ0n) is 10.3. The van der Waals surface area contributed by atoms with E-state index in [1.54, 1.807) is 0 Å². The van der Waals surface area contributed by atoms with E-state index in [0.717, 1.165) is 6.42 Å². The number of esters is 1. The summed E-state index contributed by atoms with van der Waals surface area (Å²) in [5.74, 6) is 0.466. The molecule has 0 rings (SSSR count). The second-order valence-corrected chi connectivity index (χ2v) is 5.51. The zero-order chi connectivity index (χ0) is 12.0. The fourth-order valence-electron chi connectivity index (χ4n) is 1.50. The molecule has 0 aromatic rings. The summed E-state index contributed by atoms with van der Waals surface area (Å²) in [5, 5.41) is 0. The molecule has 0 saturated carbocycles. The van der Waals surface area contributed by atoms with E-state index in [1.807, 2.05) is 7.05 Å². The van der Waals surface area contributed by atoms with Crippen LogP contribution < -0.4 is 0 Å². The Bertz CT molecular complexity index is 197. The second-order valence-electron chi connectivity index (χ2n) is 4.41. The molecule has 0 N–H and O–H groups in total. The molecule has 0 radical (unpaired) electrons. The number of hydrogen-bond donors (Lipinski definition) is 0. The van der Waals surface area contributed by atoms with E-state index in [1.165, 1.54) is 7.11 Å². The van der Waals surface area contributed by atoms with Gasteiger partial charge in [0.25, 0.3) is 0 Å². The minimum Gasteiger partial charge on any atom is -0.468 e. The lowest BCUT2D eigenvalue weighted by Gasteiger charge is -2.27. The maximum Gasteiger partial charge on any atom is 0.320 e. The summed E-state index contributed by atoms with van der Waals surface area (Å²) in [4.78, 5) is 13.1. The van der Waals surface area contributed by atoms with Gasteiger partial charge in [-0.2, -0.15) is 0 Å². The van der Waals surface area contributed by atoms with Crippen LogP contribution in [0.1, 0.15) is 27.2 Å². The molecule has 0 aromatic heterocycles. The Morgan fingerprint density at radius 2 is 1.93 bits per heavy atom. The van der Waals surface area contributed by atoms with Gasteiger partial charge in [-0.3, -0.25) is 4.79 Å². The summed E-state index contributed by atoms with van der Waals surface area (Å²) in [5.41, 5.74) is 0. The van der Waals surface area contributed by atoms with Crippen molar-refractivity contribution in [2.45, 2.75) is 38.1 Å². The molecular formula is C11H22BrNO2. The highest BCUT2D eigenvalue weighted by Crippen LogP contribution is 2.12. The van der Waals surface area contributed by atoms with E-state index in [2.05, 4.69) is 46.3 Å². The monoisotopic (exact) mass is 279 g/mol. The third-order valence-electron chi connectivity index (χ3n) is 2.47. The molecule has 2 unspecified atom stereocenters. The average Bonchev–Trinajstić information content (AvgIpc) is 2.15. The molecule has 4 heteroatoms. The van der Waals surface area contributed by atoms with Gasteiger partial charge in [0.05, 0.1) is 7.11 Å². The van der Waals surface area contributed by atoms with Gasteiger partial charge in [-0.05, 0) is 26.3 Å². The molecule has 0 spiro atoms. The normalized spacial score (nSPS) is 15.5. The van der Waals surface area contributed by atoms with Gasteiger partial charge in [0.1, 0.15) is 4.83 Å². The number of carbonyl (C=O) groups is 1. The first-order valence-electron chi connectivity index (χ1n) is 5.30. The van der Waals surface area contributed by atoms with Crippen LogP contribution in [0.25, 0.3) is 0 Å². The van der Waals surface area contributed by atoms with Crippen LogP contribution in [-0.4, -0.2) is 42.4 Å². The summed E-state index contributed by atoms with van der Waals surface area (Å²) in [7, 11) is 3.44. The summed E-state index contributed by atoms with van der Waals surface area (Å²) >= 11 is 3.32. The molecule has 90 valence electrons. The molecule has 2 atom stereocenters. The van der Waals surface area contributed by atoms with Crippen molar-refractivity contribution >= 4 is 21.9 Å². The molecule has 0 saturated heterocycles. The Morgan fingerprint density at radius 1 is 1.40 bits per heavy atom. The number of rotatable bonds is 6. The lowest BCUT2D eigenvalue weighted by molar-refractivity contribution is -0.140. The highest BCUT2D eigenvalue weighted by atomic mass is 79.9. The maximum absolute atomic E-state index is 11.2. The van der Waals surface area contributed by atoms with Crippen molar-refractivity contribution in [3.63, 3.8) is 0 Å². The first-order valence-corrected chi connectivity index (χ1v) is 6.22. The van der Waals surface area contributed by atoms with Gasteiger partial charge in [-0.1, -0.05) is 29.8 Å². The van der Waals surface area contributed by atoms with Crippen LogP contribution in [0.4, 0.5) is 0 Å². The number of carbonyl (C=O) groups excluding carboxylic acids is 1. The van der Waals surface area contributed by atoms with Gasteiger partial charge in [0.2, 0.25) is 0 Å². The Hall–Kier alpha value is -0.0900. The van der Waals surface area contributed by atoms with Gasteiger partial charge in [-0.25, -0.2) is 0 Å². The lowest BCUT2D eigenvalue weighted by Crippen LogP contribution is -2.37. The van der Waals surface area contributed by atoms with Crippen LogP contribution in [0, 0.1) is 5.92 Å². The van der Waals surface area contributed by atoms with E-state index in [-0.39, 0.29) is 10.8 Å². The predicted octanol–water partition coefficient (Wildman–Crippen LogP) is 2.29. The number of halogens is 1. The van der Waals surface area contributed by atoms with Crippen LogP contribution in [0.15, 0.2) is 0 Å². The third-order valence-corrected chi connectivity index (χ3v) is 3.13. The van der Waals surface area contributed by atoms with E-state index in [9.17, 15) is 4.79 Å². The number of methoxy groups -OCH3 is 1. The minimum absolute atomic E-state index is 0.210. The molecular weight excluding hydrogens is 258 g/mol. The van der Waals surface area contributed by atoms with Crippen molar-refractivity contribution in [1.29, 1.82) is 0 Å². The summed E-state index contributed by atoms with van der Waals surface area (Å²) in [6.07, 6.45) is 1.14. The predicted molar refractivity (Wildman–Crippen MR) is 66.3 cm³/mol. The number of hydrogen-bond acceptors (Lipinski definition) is 3. The highest BCUT2D eigenvalue weighted by Gasteiger charge is 2.20. The summed E-state index contributed by atoms with van der Waals surface area (Å²) in [6, 6.07) is 0.481. The Balaban J connectivity index is 4.00. The second kappa shape index (κ2) is 7.23. The van der Waals surface area contributed by atoms with Crippen LogP contribution >= 0.6 is 15.9 Å². The first-order chi connectivity index (χ1) is 6.88. The molecule has 0 heterocycles. The molecule has 15 heavy (non-hydrogen) atoms. The summed E-state index contributed by atoms with van der Waals surface area (Å²) < 4.78 is 4.66. The molecule has 0 aromatic carbocycles. The first kappa shape index (κ1) is 14.9. The van der Waals surface area contributed by atoms with Crippen LogP contribution in [0.3, 0.4) is 0 Å². The summed E-state index contributed by atoms with van der Waals surface area (Å²) in [6.45, 7) is 7.27. The minimum atomic E-state index is -0.234. The van der Waals surface area contributed by atoms with Crippen LogP contribution in [0.2, 0.25) is 0 Å². The maximum atomic E-state index is 11.2. The topological polar surface area (TPSA) is 29.5 Å². The largest absolute Gasteiger partial charge is 0.468 e. The zero-order valence-corrected chi connectivity index (χ0v) is 11.9. The van der Waals surface area contributed by atoms with Gasteiger partial charge in [-0.15, -0.1) is 0 Å². The molecule has 0 fully saturated rings. The lowest BCUT2D eigenvalue weighted by atomic mass is 10.0. The van der Waals surface area contributed by atoms with Crippen LogP contribution in [0.5, 0.6) is 0 Å². The van der Waals surface area contributed by atoms with Crippen LogP contribution in [-0.2, 0) is 9.53 Å². The van der Waals surface area contributed by atoms with E-state index >= 15 is 0 Å². The smallest absolute Gasteiger partial charge is 0.320 e. The van der Waals surface area contributed by atoms with Crippen molar-refractivity contribution in [1.82, 2.24) is 4.90 Å². The third kappa shape index (κ3) is 6.15. The van der Waals surface area contributed by atoms with Gasteiger partial charge in [0, 0.05) is 12.6 Å². The average molecular weight is 280 g/mol. The molecule has 0 amide bonds. The van der Waals surface area contributed by atoms with Crippen molar-refractivity contribution in [3.05, 3.63) is 0 Å². The van der Waals surface area contributed by atoms with Gasteiger partial charge in [0.15, 0.2) is 0 Å². The number of nitrogens with zero attached hydrogens (tertiary/aromatic N) is 1. The molecule has 0 aliphatic rings. The van der Waals surface area contributed by atoms with Gasteiger partial charge < -0.3 is 9.64 Å². The molecule has 0 aliphatic carbocycles. The highest BCUT2D eigenvalue weighted by molar-refractivity contribution is 9.10.